The maximum Gasteiger partial charge on any atom is 0.162 e. The van der Waals surface area contributed by atoms with E-state index in [4.69, 9.17) is 4.98 Å². The summed E-state index contributed by atoms with van der Waals surface area (Å²) >= 11 is 0. The molecule has 5 rings (SSSR count). The minimum absolute atomic E-state index is 0.223. The fourth-order valence-electron chi connectivity index (χ4n) is 3.89. The molecular weight excluding hydrogens is 438 g/mol. The van der Waals surface area contributed by atoms with Crippen molar-refractivity contribution in [3.05, 3.63) is 91.4 Å². The highest BCUT2D eigenvalue weighted by Crippen LogP contribution is 2.27. The van der Waals surface area contributed by atoms with Crippen LogP contribution in [0.4, 0.5) is 0 Å². The van der Waals surface area contributed by atoms with E-state index in [9.17, 15) is 0 Å². The number of nitrogens with zero attached hydrogens (tertiary/aromatic N) is 5. The summed E-state index contributed by atoms with van der Waals surface area (Å²) in [4.78, 5) is 10.2. The Bertz CT molecular complexity index is 1320. The molecule has 0 saturated carbocycles. The van der Waals surface area contributed by atoms with Crippen LogP contribution in [0.25, 0.3) is 27.9 Å². The molecule has 3 aromatic heterocycles. The number of benzene rings is 2. The van der Waals surface area contributed by atoms with E-state index in [-0.39, 0.29) is 10.9 Å². The van der Waals surface area contributed by atoms with Crippen molar-refractivity contribution >= 4 is 16.5 Å². The molecule has 0 amide bonds. The molecule has 2 aromatic carbocycles. The highest BCUT2D eigenvalue weighted by Gasteiger charge is 2.13. The maximum atomic E-state index is 4.76. The van der Waals surface area contributed by atoms with Crippen molar-refractivity contribution in [1.29, 1.82) is 0 Å². The van der Waals surface area contributed by atoms with E-state index in [1.54, 1.807) is 0 Å². The fourth-order valence-corrected chi connectivity index (χ4v) is 4.61. The summed E-state index contributed by atoms with van der Waals surface area (Å²) in [6.45, 7) is 4.99. The van der Waals surface area contributed by atoms with Gasteiger partial charge in [-0.1, -0.05) is 50.2 Å². The third-order valence-corrected chi connectivity index (χ3v) is 6.90. The van der Waals surface area contributed by atoms with E-state index in [1.165, 1.54) is 16.0 Å². The molecule has 0 unspecified atom stereocenters. The van der Waals surface area contributed by atoms with E-state index in [2.05, 4.69) is 81.9 Å². The molecule has 5 aromatic rings. The molecule has 0 spiro atoms. The zero-order valence-electron chi connectivity index (χ0n) is 20.3. The average molecular weight is 471 g/mol. The van der Waals surface area contributed by atoms with Gasteiger partial charge in [0.15, 0.2) is 10.5 Å². The Labute approximate surface area is 204 Å². The predicted octanol–water partition coefficient (Wildman–Crippen LogP) is 6.16. The number of hydrogen-bond donors (Lipinski definition) is 0. The van der Waals surface area contributed by atoms with Crippen LogP contribution in [-0.2, 0) is 23.9 Å². The van der Waals surface area contributed by atoms with Gasteiger partial charge in [-0.25, -0.2) is 14.5 Å². The topological polar surface area (TPSA) is 48.0 Å². The molecule has 174 valence electrons. The summed E-state index contributed by atoms with van der Waals surface area (Å²) < 4.78 is 4.00. The van der Waals surface area contributed by atoms with Crippen LogP contribution in [0.3, 0.4) is 0 Å². The molecule has 0 saturated heterocycles. The predicted molar refractivity (Wildman–Crippen MR) is 143 cm³/mol. The molecule has 6 heteroatoms. The van der Waals surface area contributed by atoms with Crippen molar-refractivity contribution in [2.75, 3.05) is 12.5 Å². The van der Waals surface area contributed by atoms with Crippen LogP contribution >= 0.6 is 0 Å². The Hall–Kier alpha value is -3.38. The number of fused-ring (bicyclic) bond motifs is 1. The Morgan fingerprint density at radius 1 is 0.912 bits per heavy atom. The van der Waals surface area contributed by atoms with Crippen LogP contribution in [0.5, 0.6) is 0 Å². The zero-order valence-corrected chi connectivity index (χ0v) is 21.2. The highest BCUT2D eigenvalue weighted by molar-refractivity contribution is 7.95. The summed E-state index contributed by atoms with van der Waals surface area (Å²) in [5.41, 5.74) is 6.67. The minimum atomic E-state index is 0.223. The highest BCUT2D eigenvalue weighted by atomic mass is 32.2. The van der Waals surface area contributed by atoms with Crippen molar-refractivity contribution < 1.29 is 0 Å². The quantitative estimate of drug-likeness (QED) is 0.268. The minimum Gasteiger partial charge on any atom is -0.337 e. The fraction of sp³-hybridized carbons (Fsp3) is 0.250. The SMILES string of the molecule is CC.C[S+](C)c1cccc(-c2cnn3cc(-c4ccc(CCCn5ccnc5)cc4)cnc23)c1. The Morgan fingerprint density at radius 2 is 1.74 bits per heavy atom. The zero-order chi connectivity index (χ0) is 23.9. The summed E-state index contributed by atoms with van der Waals surface area (Å²) in [5, 5.41) is 4.59. The first kappa shape index (κ1) is 23.8. The number of imidazole rings is 1. The van der Waals surface area contributed by atoms with Crippen molar-refractivity contribution in [2.24, 2.45) is 0 Å². The van der Waals surface area contributed by atoms with Gasteiger partial charge in [0.25, 0.3) is 0 Å². The monoisotopic (exact) mass is 470 g/mol. The van der Waals surface area contributed by atoms with Gasteiger partial charge in [-0.05, 0) is 35.6 Å². The van der Waals surface area contributed by atoms with Crippen LogP contribution in [0.1, 0.15) is 25.8 Å². The lowest BCUT2D eigenvalue weighted by Crippen LogP contribution is -1.97. The third-order valence-electron chi connectivity index (χ3n) is 5.70. The van der Waals surface area contributed by atoms with Gasteiger partial charge in [-0.15, -0.1) is 0 Å². The molecule has 3 heterocycles. The van der Waals surface area contributed by atoms with E-state index in [0.29, 0.717) is 0 Å². The van der Waals surface area contributed by atoms with E-state index >= 15 is 0 Å². The van der Waals surface area contributed by atoms with Crippen LogP contribution < -0.4 is 0 Å². The standard InChI is InChI=1S/C26H26N5S.C2H6/c1-32(2)24-7-3-6-22(15-24)25-17-29-31-18-23(16-28-26(25)31)21-10-8-20(9-11-21)5-4-13-30-14-12-27-19-30;1-2/h3,6-12,14-19H,4-5,13H2,1-2H3;1-2H3/q+1;. The lowest BCUT2D eigenvalue weighted by molar-refractivity contribution is 0.642. The Morgan fingerprint density at radius 3 is 2.47 bits per heavy atom. The van der Waals surface area contributed by atoms with Crippen molar-refractivity contribution in [1.82, 2.24) is 24.1 Å². The van der Waals surface area contributed by atoms with Crippen LogP contribution in [0.2, 0.25) is 0 Å². The van der Waals surface area contributed by atoms with Gasteiger partial charge in [0, 0.05) is 59.4 Å². The number of aromatic nitrogens is 5. The molecule has 5 nitrogen and oxygen atoms in total. The summed E-state index contributed by atoms with van der Waals surface area (Å²) in [7, 11) is 0.223. The van der Waals surface area contributed by atoms with Gasteiger partial charge < -0.3 is 4.57 Å². The van der Waals surface area contributed by atoms with Gasteiger partial charge in [0.2, 0.25) is 0 Å². The Kier molecular flexibility index (Phi) is 7.80. The third kappa shape index (κ3) is 5.39. The second-order valence-corrected chi connectivity index (χ2v) is 10.2. The van der Waals surface area contributed by atoms with Crippen LogP contribution in [0.15, 0.2) is 90.7 Å². The van der Waals surface area contributed by atoms with Crippen molar-refractivity contribution in [3.63, 3.8) is 0 Å². The molecule has 0 aliphatic heterocycles. The summed E-state index contributed by atoms with van der Waals surface area (Å²) in [6, 6.07) is 17.5. The largest absolute Gasteiger partial charge is 0.337 e. The molecule has 0 fully saturated rings. The molecule has 0 atom stereocenters. The van der Waals surface area contributed by atoms with Crippen molar-refractivity contribution in [3.8, 4) is 22.3 Å². The van der Waals surface area contributed by atoms with Crippen LogP contribution in [-0.4, -0.2) is 36.7 Å². The second kappa shape index (κ2) is 11.2. The van der Waals surface area contributed by atoms with Gasteiger partial charge in [0.1, 0.15) is 12.5 Å². The van der Waals surface area contributed by atoms with E-state index < -0.39 is 0 Å². The summed E-state index contributed by atoms with van der Waals surface area (Å²) in [5.74, 6) is 0. The average Bonchev–Trinajstić information content (AvgIpc) is 3.55. The van der Waals surface area contributed by atoms with Gasteiger partial charge >= 0.3 is 0 Å². The van der Waals surface area contributed by atoms with Crippen LogP contribution in [0, 0.1) is 0 Å². The first-order valence-electron chi connectivity index (χ1n) is 11.7. The first-order chi connectivity index (χ1) is 16.7. The second-order valence-electron chi connectivity index (χ2n) is 8.11. The summed E-state index contributed by atoms with van der Waals surface area (Å²) in [6.07, 6.45) is 18.3. The number of aryl methyl sites for hydroxylation is 2. The lowest BCUT2D eigenvalue weighted by Gasteiger charge is -2.06. The Balaban J connectivity index is 0.00000133. The van der Waals surface area contributed by atoms with Gasteiger partial charge in [-0.3, -0.25) is 0 Å². The molecule has 0 N–H and O–H groups in total. The first-order valence-corrected chi connectivity index (χ1v) is 13.8. The number of hydrogen-bond acceptors (Lipinski definition) is 3. The van der Waals surface area contributed by atoms with E-state index in [0.717, 1.165) is 41.7 Å². The molecule has 34 heavy (non-hydrogen) atoms. The van der Waals surface area contributed by atoms with Gasteiger partial charge in [0.05, 0.1) is 12.5 Å². The normalized spacial score (nSPS) is 11.0. The molecule has 0 aliphatic carbocycles. The maximum absolute atomic E-state index is 4.76. The molecule has 0 aliphatic rings. The number of rotatable bonds is 7. The van der Waals surface area contributed by atoms with Crippen molar-refractivity contribution in [2.45, 2.75) is 38.1 Å². The smallest absolute Gasteiger partial charge is 0.162 e. The molecule has 0 bridgehead atoms. The molecular formula is C28H32N5S+. The van der Waals surface area contributed by atoms with Gasteiger partial charge in [-0.2, -0.15) is 5.10 Å². The molecule has 0 radical (unpaired) electrons. The lowest BCUT2D eigenvalue weighted by atomic mass is 10.0. The van der Waals surface area contributed by atoms with E-state index in [1.807, 2.05) is 49.5 Å².